The van der Waals surface area contributed by atoms with Crippen molar-refractivity contribution in [3.8, 4) is 0 Å². The van der Waals surface area contributed by atoms with Gasteiger partial charge in [0.15, 0.2) is 0 Å². The average Bonchev–Trinajstić information content (AvgIpc) is 3.43. The van der Waals surface area contributed by atoms with Crippen molar-refractivity contribution in [2.75, 3.05) is 52.6 Å². The van der Waals surface area contributed by atoms with Crippen LogP contribution in [0.3, 0.4) is 0 Å². The van der Waals surface area contributed by atoms with Crippen LogP contribution >= 0.6 is 0 Å². The molecule has 2 N–H and O–H groups in total. The van der Waals surface area contributed by atoms with Crippen LogP contribution in [0.25, 0.3) is 0 Å². The summed E-state index contributed by atoms with van der Waals surface area (Å²) in [6.45, 7) is 7.72. The number of aliphatic hydroxyl groups excluding tert-OH is 1. The van der Waals surface area contributed by atoms with E-state index in [-0.39, 0.29) is 25.0 Å². The van der Waals surface area contributed by atoms with Crippen LogP contribution in [0.4, 0.5) is 0 Å². The maximum absolute atomic E-state index is 13.6. The van der Waals surface area contributed by atoms with Gasteiger partial charge in [0.1, 0.15) is 11.6 Å². The Bertz CT molecular complexity index is 724. The summed E-state index contributed by atoms with van der Waals surface area (Å²) < 4.78 is 16.9. The molecule has 2 bridgehead atoms. The van der Waals surface area contributed by atoms with Crippen molar-refractivity contribution in [1.82, 2.24) is 15.1 Å². The number of carbonyl (C=O) groups excluding carboxylic acids is 3. The Morgan fingerprint density at radius 3 is 2.72 bits per heavy atom. The van der Waals surface area contributed by atoms with E-state index in [9.17, 15) is 19.5 Å². The van der Waals surface area contributed by atoms with Gasteiger partial charge in [-0.05, 0) is 26.2 Å². The molecule has 0 aromatic carbocycles. The van der Waals surface area contributed by atoms with Gasteiger partial charge in [-0.1, -0.05) is 6.92 Å². The number of ether oxygens (including phenoxy) is 3. The van der Waals surface area contributed by atoms with Gasteiger partial charge in [0.2, 0.25) is 11.8 Å². The van der Waals surface area contributed by atoms with Gasteiger partial charge < -0.3 is 29.5 Å². The fraction of sp³-hybridized carbons (Fsp3) is 0.864. The molecule has 32 heavy (non-hydrogen) atoms. The summed E-state index contributed by atoms with van der Waals surface area (Å²) >= 11 is 0. The van der Waals surface area contributed by atoms with Crippen molar-refractivity contribution >= 4 is 17.8 Å². The molecule has 1 spiro atoms. The summed E-state index contributed by atoms with van der Waals surface area (Å²) in [5, 5.41) is 13.0. The molecule has 2 unspecified atom stereocenters. The second-order valence-corrected chi connectivity index (χ2v) is 9.04. The summed E-state index contributed by atoms with van der Waals surface area (Å²) in [6.07, 6.45) is 1.22. The van der Waals surface area contributed by atoms with E-state index in [1.54, 1.807) is 6.92 Å². The van der Waals surface area contributed by atoms with E-state index in [0.29, 0.717) is 45.6 Å². The first-order chi connectivity index (χ1) is 15.5. The molecular formula is C22H35N3O7. The number of nitrogens with one attached hydrogen (secondary N) is 1. The number of fused-ring (bicyclic) bond motifs is 1. The smallest absolute Gasteiger partial charge is 0.312 e. The molecule has 2 amide bonds. The van der Waals surface area contributed by atoms with E-state index >= 15 is 0 Å². The highest BCUT2D eigenvalue weighted by atomic mass is 16.6. The molecule has 4 saturated heterocycles. The van der Waals surface area contributed by atoms with Crippen molar-refractivity contribution in [1.29, 1.82) is 0 Å². The topological polar surface area (TPSA) is 118 Å². The van der Waals surface area contributed by atoms with Crippen molar-refractivity contribution in [3.05, 3.63) is 0 Å². The molecule has 4 rings (SSSR count). The van der Waals surface area contributed by atoms with E-state index in [4.69, 9.17) is 14.2 Å². The Hall–Kier alpha value is -1.75. The molecule has 0 radical (unpaired) electrons. The lowest BCUT2D eigenvalue weighted by molar-refractivity contribution is -0.155. The molecule has 0 aromatic rings. The minimum absolute atomic E-state index is 0.222. The van der Waals surface area contributed by atoms with Gasteiger partial charge in [-0.15, -0.1) is 0 Å². The summed E-state index contributed by atoms with van der Waals surface area (Å²) in [5.41, 5.74) is -1.05. The van der Waals surface area contributed by atoms with Crippen LogP contribution in [-0.4, -0.2) is 109 Å². The second-order valence-electron chi connectivity index (χ2n) is 9.04. The monoisotopic (exact) mass is 453 g/mol. The van der Waals surface area contributed by atoms with E-state index in [1.165, 1.54) is 4.90 Å². The normalized spacial score (nSPS) is 35.1. The van der Waals surface area contributed by atoms with Crippen molar-refractivity contribution < 1.29 is 33.7 Å². The maximum atomic E-state index is 13.6. The number of esters is 1. The molecular weight excluding hydrogens is 418 g/mol. The number of rotatable bonds is 9. The zero-order valence-electron chi connectivity index (χ0n) is 19.0. The quantitative estimate of drug-likeness (QED) is 0.433. The van der Waals surface area contributed by atoms with Gasteiger partial charge in [0.25, 0.3) is 0 Å². The molecule has 4 fully saturated rings. The highest BCUT2D eigenvalue weighted by molar-refractivity contribution is 5.98. The van der Waals surface area contributed by atoms with Crippen LogP contribution < -0.4 is 5.32 Å². The van der Waals surface area contributed by atoms with E-state index in [0.717, 1.165) is 13.1 Å². The molecule has 10 heteroatoms. The predicted molar refractivity (Wildman–Crippen MR) is 113 cm³/mol. The van der Waals surface area contributed by atoms with Gasteiger partial charge >= 0.3 is 5.97 Å². The molecule has 6 atom stereocenters. The molecule has 4 heterocycles. The van der Waals surface area contributed by atoms with Crippen LogP contribution in [0, 0.1) is 11.8 Å². The predicted octanol–water partition coefficient (Wildman–Crippen LogP) is -0.857. The molecule has 0 aliphatic carbocycles. The zero-order valence-corrected chi connectivity index (χ0v) is 19.0. The third kappa shape index (κ3) is 3.81. The fourth-order valence-corrected chi connectivity index (χ4v) is 5.96. The number of likely N-dealkylation sites (tertiary alicyclic amines) is 1. The SMILES string of the molecule is CCOC(=O)[C@@H]1[C@@H]2CCC3(O2)C(C(=O)NCCN2CCOCC2)N([C@@H](CC)CO)C(=O)[C@H]13. The summed E-state index contributed by atoms with van der Waals surface area (Å²) in [5.74, 6) is -2.48. The Morgan fingerprint density at radius 1 is 1.31 bits per heavy atom. The number of hydrogen-bond donors (Lipinski definition) is 2. The Labute approximate surface area is 188 Å². The van der Waals surface area contributed by atoms with Crippen LogP contribution in [0.5, 0.6) is 0 Å². The third-order valence-corrected chi connectivity index (χ3v) is 7.45. The van der Waals surface area contributed by atoms with Gasteiger partial charge in [0, 0.05) is 26.2 Å². The Morgan fingerprint density at radius 2 is 2.06 bits per heavy atom. The maximum Gasteiger partial charge on any atom is 0.312 e. The van der Waals surface area contributed by atoms with Crippen LogP contribution in [-0.2, 0) is 28.6 Å². The lowest BCUT2D eigenvalue weighted by atomic mass is 9.71. The minimum Gasteiger partial charge on any atom is -0.466 e. The Balaban J connectivity index is 1.56. The average molecular weight is 454 g/mol. The number of aliphatic hydroxyl groups is 1. The molecule has 0 aromatic heterocycles. The van der Waals surface area contributed by atoms with Gasteiger partial charge in [-0.25, -0.2) is 0 Å². The number of nitrogens with zero attached hydrogens (tertiary/aromatic N) is 2. The standard InChI is InChI=1S/C22H35N3O7/c1-3-14(13-26)25-18(19(27)23-7-8-24-9-11-30-12-10-24)22-6-5-15(32-22)16(17(22)20(25)28)21(29)31-4-2/h14-18,26H,3-13H2,1-2H3,(H,23,27)/t14-,15-,16+,17-,18?,22?/m0/s1. The van der Waals surface area contributed by atoms with Crippen LogP contribution in [0.1, 0.15) is 33.1 Å². The van der Waals surface area contributed by atoms with E-state index in [2.05, 4.69) is 10.2 Å². The zero-order chi connectivity index (χ0) is 22.9. The van der Waals surface area contributed by atoms with Gasteiger partial charge in [-0.3, -0.25) is 19.3 Å². The molecule has 10 nitrogen and oxygen atoms in total. The Kier molecular flexibility index (Phi) is 7.04. The van der Waals surface area contributed by atoms with Crippen LogP contribution in [0.2, 0.25) is 0 Å². The second kappa shape index (κ2) is 9.62. The third-order valence-electron chi connectivity index (χ3n) is 7.45. The number of amides is 2. The first kappa shape index (κ1) is 23.4. The lowest BCUT2D eigenvalue weighted by Crippen LogP contribution is -2.58. The molecule has 180 valence electrons. The van der Waals surface area contributed by atoms with E-state index < -0.39 is 41.6 Å². The van der Waals surface area contributed by atoms with Crippen molar-refractivity contribution in [2.24, 2.45) is 11.8 Å². The molecule has 4 aliphatic rings. The number of morpholine rings is 1. The first-order valence-electron chi connectivity index (χ1n) is 11.8. The highest BCUT2D eigenvalue weighted by Crippen LogP contribution is 2.59. The summed E-state index contributed by atoms with van der Waals surface area (Å²) in [7, 11) is 0. The van der Waals surface area contributed by atoms with Crippen molar-refractivity contribution in [3.63, 3.8) is 0 Å². The van der Waals surface area contributed by atoms with Gasteiger partial charge in [-0.2, -0.15) is 0 Å². The van der Waals surface area contributed by atoms with Gasteiger partial charge in [0.05, 0.1) is 50.4 Å². The molecule has 0 saturated carbocycles. The lowest BCUT2D eigenvalue weighted by Gasteiger charge is -2.36. The van der Waals surface area contributed by atoms with Crippen LogP contribution in [0.15, 0.2) is 0 Å². The first-order valence-corrected chi connectivity index (χ1v) is 11.8. The summed E-state index contributed by atoms with van der Waals surface area (Å²) in [4.78, 5) is 43.5. The van der Waals surface area contributed by atoms with E-state index in [1.807, 2.05) is 6.92 Å². The molecule has 4 aliphatic heterocycles. The fourth-order valence-electron chi connectivity index (χ4n) is 5.96. The largest absolute Gasteiger partial charge is 0.466 e. The summed E-state index contributed by atoms with van der Waals surface area (Å²) in [6, 6.07) is -1.38. The van der Waals surface area contributed by atoms with Crippen molar-refractivity contribution in [2.45, 2.75) is 56.9 Å². The number of carbonyl (C=O) groups is 3. The minimum atomic E-state index is -1.05. The highest BCUT2D eigenvalue weighted by Gasteiger charge is 2.75. The number of hydrogen-bond acceptors (Lipinski definition) is 8.